The van der Waals surface area contributed by atoms with Gasteiger partial charge < -0.3 is 9.87 Å². The first-order valence-corrected chi connectivity index (χ1v) is 5.17. The Hall–Kier alpha value is -1.24. The zero-order valence-corrected chi connectivity index (χ0v) is 8.87. The number of para-hydroxylation sites is 1. The van der Waals surface area contributed by atoms with Crippen LogP contribution in [0.5, 0.6) is 0 Å². The van der Waals surface area contributed by atoms with Crippen LogP contribution in [0.15, 0.2) is 24.3 Å². The van der Waals surface area contributed by atoms with Crippen LogP contribution in [0, 0.1) is 0 Å². The monoisotopic (exact) mass is 228 g/mol. The molecule has 0 bridgehead atoms. The molecule has 0 aromatic heterocycles. The summed E-state index contributed by atoms with van der Waals surface area (Å²) in [6, 6.07) is 6.83. The van der Waals surface area contributed by atoms with Crippen molar-refractivity contribution in [1.29, 1.82) is 0 Å². The topological polar surface area (TPSA) is 78.5 Å². The molecular formula is C9H10NO4S-. The maximum absolute atomic E-state index is 10.8. The standard InChI is InChI=1S/C9H11NO4S/c1-7(11)10-9-5-3-2-4-8(9)6-14-15(12)13/h2-5H,6H2,1H3,(H,10,11)(H,12,13)/p-1. The number of nitrogens with one attached hydrogen (secondary N) is 1. The van der Waals surface area contributed by atoms with E-state index in [2.05, 4.69) is 9.50 Å². The van der Waals surface area contributed by atoms with E-state index in [1.54, 1.807) is 24.3 Å². The van der Waals surface area contributed by atoms with E-state index in [4.69, 9.17) is 0 Å². The Morgan fingerprint density at radius 1 is 1.53 bits per heavy atom. The van der Waals surface area contributed by atoms with Gasteiger partial charge in [-0.25, -0.2) is 4.21 Å². The van der Waals surface area contributed by atoms with Gasteiger partial charge in [-0.3, -0.25) is 8.98 Å². The highest BCUT2D eigenvalue weighted by molar-refractivity contribution is 7.74. The van der Waals surface area contributed by atoms with E-state index >= 15 is 0 Å². The summed E-state index contributed by atoms with van der Waals surface area (Å²) < 4.78 is 24.8. The van der Waals surface area contributed by atoms with Gasteiger partial charge in [0.15, 0.2) is 0 Å². The molecule has 0 aliphatic carbocycles. The van der Waals surface area contributed by atoms with E-state index in [1.807, 2.05) is 0 Å². The van der Waals surface area contributed by atoms with Crippen LogP contribution in [0.3, 0.4) is 0 Å². The summed E-state index contributed by atoms with van der Waals surface area (Å²) in [7, 11) is 0. The van der Waals surface area contributed by atoms with Gasteiger partial charge in [-0.15, -0.1) is 0 Å². The average Bonchev–Trinajstić information content (AvgIpc) is 2.15. The predicted octanol–water partition coefficient (Wildman–Crippen LogP) is 0.956. The Balaban J connectivity index is 2.76. The fraction of sp³-hybridized carbons (Fsp3) is 0.222. The highest BCUT2D eigenvalue weighted by Gasteiger charge is 2.02. The molecule has 15 heavy (non-hydrogen) atoms. The van der Waals surface area contributed by atoms with Crippen molar-refractivity contribution in [1.82, 2.24) is 0 Å². The molecule has 1 atom stereocenters. The van der Waals surface area contributed by atoms with Crippen molar-refractivity contribution in [2.45, 2.75) is 13.5 Å². The molecule has 1 N–H and O–H groups in total. The maximum atomic E-state index is 10.8. The number of rotatable bonds is 4. The second-order valence-corrected chi connectivity index (χ2v) is 3.45. The summed E-state index contributed by atoms with van der Waals surface area (Å²) in [6.07, 6.45) is 0. The van der Waals surface area contributed by atoms with Gasteiger partial charge in [0.25, 0.3) is 0 Å². The lowest BCUT2D eigenvalue weighted by atomic mass is 10.2. The number of carbonyl (C=O) groups is 1. The Morgan fingerprint density at radius 2 is 2.20 bits per heavy atom. The molecule has 1 rings (SSSR count). The molecule has 82 valence electrons. The van der Waals surface area contributed by atoms with Crippen molar-refractivity contribution in [2.75, 3.05) is 5.32 Å². The molecule has 0 aliphatic heterocycles. The van der Waals surface area contributed by atoms with Crippen molar-refractivity contribution >= 4 is 23.0 Å². The highest BCUT2D eigenvalue weighted by Crippen LogP contribution is 2.16. The number of amides is 1. The summed E-state index contributed by atoms with van der Waals surface area (Å²) in [5, 5.41) is 2.58. The molecule has 0 spiro atoms. The smallest absolute Gasteiger partial charge is 0.221 e. The van der Waals surface area contributed by atoms with Crippen LogP contribution in [0.2, 0.25) is 0 Å². The van der Waals surface area contributed by atoms with Gasteiger partial charge in [0.1, 0.15) is 0 Å². The molecule has 1 amide bonds. The van der Waals surface area contributed by atoms with Gasteiger partial charge in [0.2, 0.25) is 5.91 Å². The number of anilines is 1. The molecular weight excluding hydrogens is 218 g/mol. The molecule has 0 fully saturated rings. The first-order valence-electron chi connectivity index (χ1n) is 4.17. The fourth-order valence-corrected chi connectivity index (χ4v) is 1.29. The van der Waals surface area contributed by atoms with Crippen LogP contribution in [-0.2, 0) is 26.9 Å². The quantitative estimate of drug-likeness (QED) is 0.778. The largest absolute Gasteiger partial charge is 0.750 e. The molecule has 1 aromatic carbocycles. The van der Waals surface area contributed by atoms with Gasteiger partial charge >= 0.3 is 0 Å². The Morgan fingerprint density at radius 3 is 2.80 bits per heavy atom. The van der Waals surface area contributed by atoms with E-state index in [0.29, 0.717) is 11.3 Å². The molecule has 5 nitrogen and oxygen atoms in total. The molecule has 0 aliphatic rings. The van der Waals surface area contributed by atoms with Crippen LogP contribution in [0.1, 0.15) is 12.5 Å². The van der Waals surface area contributed by atoms with Crippen molar-refractivity contribution < 1.29 is 17.7 Å². The van der Waals surface area contributed by atoms with Gasteiger partial charge in [0, 0.05) is 18.2 Å². The Kier molecular flexibility index (Phi) is 4.41. The number of benzene rings is 1. The van der Waals surface area contributed by atoms with Crippen LogP contribution in [0.25, 0.3) is 0 Å². The van der Waals surface area contributed by atoms with Crippen molar-refractivity contribution in [3.8, 4) is 0 Å². The maximum Gasteiger partial charge on any atom is 0.221 e. The minimum atomic E-state index is -2.55. The summed E-state index contributed by atoms with van der Waals surface area (Å²) in [5.74, 6) is -0.217. The van der Waals surface area contributed by atoms with Crippen LogP contribution >= 0.6 is 0 Å². The number of hydrogen-bond donors (Lipinski definition) is 1. The van der Waals surface area contributed by atoms with Crippen molar-refractivity contribution in [3.63, 3.8) is 0 Å². The van der Waals surface area contributed by atoms with Crippen molar-refractivity contribution in [2.24, 2.45) is 0 Å². The molecule has 0 saturated heterocycles. The van der Waals surface area contributed by atoms with Gasteiger partial charge in [-0.2, -0.15) is 0 Å². The first kappa shape index (κ1) is 11.8. The normalized spacial score (nSPS) is 12.1. The van der Waals surface area contributed by atoms with E-state index in [9.17, 15) is 13.6 Å². The molecule has 1 aromatic rings. The summed E-state index contributed by atoms with van der Waals surface area (Å²) in [4.78, 5) is 10.8. The molecule has 0 radical (unpaired) electrons. The minimum absolute atomic E-state index is 0.0907. The molecule has 6 heteroatoms. The molecule has 0 heterocycles. The molecule has 0 saturated carbocycles. The van der Waals surface area contributed by atoms with E-state index < -0.39 is 11.4 Å². The number of carbonyl (C=O) groups excluding carboxylic acids is 1. The minimum Gasteiger partial charge on any atom is -0.750 e. The lowest BCUT2D eigenvalue weighted by Gasteiger charge is -2.10. The van der Waals surface area contributed by atoms with Gasteiger partial charge in [0.05, 0.1) is 18.0 Å². The highest BCUT2D eigenvalue weighted by atomic mass is 32.2. The molecule has 1 unspecified atom stereocenters. The third-order valence-corrected chi connectivity index (χ3v) is 1.95. The number of hydrogen-bond acceptors (Lipinski definition) is 4. The lowest BCUT2D eigenvalue weighted by molar-refractivity contribution is -0.114. The predicted molar refractivity (Wildman–Crippen MR) is 54.5 cm³/mol. The third kappa shape index (κ3) is 4.20. The summed E-state index contributed by atoms with van der Waals surface area (Å²) in [6.45, 7) is 1.29. The zero-order chi connectivity index (χ0) is 11.3. The SMILES string of the molecule is CC(=O)Nc1ccccc1COS(=O)[O-]. The Labute approximate surface area is 89.9 Å². The lowest BCUT2D eigenvalue weighted by Crippen LogP contribution is -2.08. The van der Waals surface area contributed by atoms with Gasteiger partial charge in [-0.05, 0) is 6.07 Å². The van der Waals surface area contributed by atoms with Crippen molar-refractivity contribution in [3.05, 3.63) is 29.8 Å². The van der Waals surface area contributed by atoms with E-state index in [0.717, 1.165) is 0 Å². The second kappa shape index (κ2) is 5.59. The Bertz CT molecular complexity index is 380. The van der Waals surface area contributed by atoms with E-state index in [1.165, 1.54) is 6.92 Å². The zero-order valence-electron chi connectivity index (χ0n) is 8.06. The second-order valence-electron chi connectivity index (χ2n) is 2.80. The van der Waals surface area contributed by atoms with Crippen LogP contribution < -0.4 is 5.32 Å². The third-order valence-electron chi connectivity index (χ3n) is 1.64. The average molecular weight is 228 g/mol. The fourth-order valence-electron chi connectivity index (χ4n) is 1.07. The van der Waals surface area contributed by atoms with Gasteiger partial charge in [-0.1, -0.05) is 18.2 Å². The summed E-state index contributed by atoms with van der Waals surface area (Å²) >= 11 is -2.55. The first-order chi connectivity index (χ1) is 7.09. The van der Waals surface area contributed by atoms with Crippen LogP contribution in [-0.4, -0.2) is 14.7 Å². The van der Waals surface area contributed by atoms with E-state index in [-0.39, 0.29) is 12.5 Å². The summed E-state index contributed by atoms with van der Waals surface area (Å²) in [5.41, 5.74) is 1.16. The van der Waals surface area contributed by atoms with Crippen LogP contribution in [0.4, 0.5) is 5.69 Å².